The summed E-state index contributed by atoms with van der Waals surface area (Å²) in [6.45, 7) is 0.948. The fourth-order valence-electron chi connectivity index (χ4n) is 1.47. The van der Waals surface area contributed by atoms with Crippen molar-refractivity contribution in [1.29, 1.82) is 0 Å². The minimum Gasteiger partial charge on any atom is -0.482 e. The van der Waals surface area contributed by atoms with Crippen molar-refractivity contribution in [2.45, 2.75) is 6.92 Å². The number of aryl methyl sites for hydroxylation is 1. The first kappa shape index (κ1) is 15.8. The molecule has 1 heterocycles. The molecule has 0 saturated carbocycles. The highest BCUT2D eigenvalue weighted by Crippen LogP contribution is 2.15. The second-order valence-corrected chi connectivity index (χ2v) is 4.71. The average molecular weight is 325 g/mol. The van der Waals surface area contributed by atoms with Crippen LogP contribution in [0, 0.1) is 6.92 Å². The molecule has 2 aromatic rings. The van der Waals surface area contributed by atoms with Crippen LogP contribution in [0.4, 0.5) is 5.82 Å². The molecule has 0 unspecified atom stereocenters. The average Bonchev–Trinajstić information content (AvgIpc) is 2.89. The molecule has 0 atom stereocenters. The lowest BCUT2D eigenvalue weighted by Gasteiger charge is -2.06. The van der Waals surface area contributed by atoms with Crippen molar-refractivity contribution in [3.05, 3.63) is 41.1 Å². The van der Waals surface area contributed by atoms with Gasteiger partial charge in [0, 0.05) is 11.1 Å². The highest BCUT2D eigenvalue weighted by atomic mass is 35.5. The molecule has 0 bridgehead atoms. The van der Waals surface area contributed by atoms with E-state index in [-0.39, 0.29) is 12.4 Å². The third kappa shape index (κ3) is 5.10. The molecule has 116 valence electrons. The molecule has 1 aromatic carbocycles. The first-order valence-electron chi connectivity index (χ1n) is 6.30. The van der Waals surface area contributed by atoms with Gasteiger partial charge in [0.15, 0.2) is 19.0 Å². The second-order valence-electron chi connectivity index (χ2n) is 4.27. The lowest BCUT2D eigenvalue weighted by Crippen LogP contribution is -2.23. The Bertz CT molecular complexity index is 654. The fraction of sp³-hybridized carbons (Fsp3) is 0.214. The van der Waals surface area contributed by atoms with Crippen LogP contribution in [0.15, 0.2) is 34.9 Å². The quantitative estimate of drug-likeness (QED) is 0.819. The number of carbonyl (C=O) groups excluding carboxylic acids is 2. The first-order chi connectivity index (χ1) is 10.5. The largest absolute Gasteiger partial charge is 0.482 e. The zero-order chi connectivity index (χ0) is 15.9. The number of carbonyl (C=O) groups is 2. The van der Waals surface area contributed by atoms with E-state index in [4.69, 9.17) is 25.6 Å². The topological polar surface area (TPSA) is 90.7 Å². The third-order valence-electron chi connectivity index (χ3n) is 2.43. The monoisotopic (exact) mass is 324 g/mol. The summed E-state index contributed by atoms with van der Waals surface area (Å²) in [5, 5.41) is 6.57. The van der Waals surface area contributed by atoms with Crippen molar-refractivity contribution in [1.82, 2.24) is 5.16 Å². The Morgan fingerprint density at radius 3 is 2.64 bits per heavy atom. The van der Waals surface area contributed by atoms with Crippen LogP contribution in [0.3, 0.4) is 0 Å². The van der Waals surface area contributed by atoms with Crippen LogP contribution in [-0.4, -0.2) is 30.2 Å². The van der Waals surface area contributed by atoms with E-state index >= 15 is 0 Å². The van der Waals surface area contributed by atoms with Crippen LogP contribution in [-0.2, 0) is 14.3 Å². The van der Waals surface area contributed by atoms with Gasteiger partial charge in [-0.25, -0.2) is 4.79 Å². The third-order valence-corrected chi connectivity index (χ3v) is 2.68. The number of amides is 1. The molecule has 1 amide bonds. The maximum Gasteiger partial charge on any atom is 0.344 e. The highest BCUT2D eigenvalue weighted by molar-refractivity contribution is 6.30. The lowest BCUT2D eigenvalue weighted by molar-refractivity contribution is -0.149. The number of benzene rings is 1. The summed E-state index contributed by atoms with van der Waals surface area (Å²) in [6, 6.07) is 8.05. The molecule has 0 radical (unpaired) electrons. The van der Waals surface area contributed by atoms with Crippen LogP contribution in [0.1, 0.15) is 5.76 Å². The molecule has 0 aliphatic heterocycles. The number of hydrogen-bond acceptors (Lipinski definition) is 6. The zero-order valence-electron chi connectivity index (χ0n) is 11.7. The van der Waals surface area contributed by atoms with Crippen molar-refractivity contribution < 1.29 is 23.6 Å². The molecule has 1 N–H and O–H groups in total. The number of esters is 1. The summed E-state index contributed by atoms with van der Waals surface area (Å²) < 4.78 is 14.7. The fourth-order valence-corrected chi connectivity index (χ4v) is 1.59. The number of halogens is 1. The number of aromatic nitrogens is 1. The Labute approximate surface area is 131 Å². The van der Waals surface area contributed by atoms with Gasteiger partial charge in [0.05, 0.1) is 0 Å². The molecule has 8 heteroatoms. The predicted octanol–water partition coefficient (Wildman–Crippen LogP) is 2.20. The molecule has 0 aliphatic rings. The molecular weight excluding hydrogens is 312 g/mol. The summed E-state index contributed by atoms with van der Waals surface area (Å²) in [4.78, 5) is 23.0. The molecule has 2 rings (SSSR count). The number of nitrogens with zero attached hydrogens (tertiary/aromatic N) is 1. The number of ether oxygens (including phenoxy) is 2. The summed E-state index contributed by atoms with van der Waals surface area (Å²) >= 11 is 5.72. The Hall–Kier alpha value is -2.54. The smallest absolute Gasteiger partial charge is 0.344 e. The Morgan fingerprint density at radius 1 is 1.27 bits per heavy atom. The zero-order valence-corrected chi connectivity index (χ0v) is 12.4. The lowest BCUT2D eigenvalue weighted by atomic mass is 10.3. The van der Waals surface area contributed by atoms with Gasteiger partial charge < -0.3 is 19.3 Å². The Kier molecular flexibility index (Phi) is 5.37. The van der Waals surface area contributed by atoms with E-state index in [0.717, 1.165) is 0 Å². The number of hydrogen-bond donors (Lipinski definition) is 1. The minimum atomic E-state index is -0.665. The van der Waals surface area contributed by atoms with Gasteiger partial charge in [-0.3, -0.25) is 4.79 Å². The van der Waals surface area contributed by atoms with Crippen LogP contribution in [0.5, 0.6) is 5.75 Å². The van der Waals surface area contributed by atoms with E-state index < -0.39 is 18.5 Å². The van der Waals surface area contributed by atoms with E-state index in [1.807, 2.05) is 0 Å². The summed E-state index contributed by atoms with van der Waals surface area (Å²) in [5.74, 6) is 0.109. The van der Waals surface area contributed by atoms with Gasteiger partial charge in [0.2, 0.25) is 0 Å². The van der Waals surface area contributed by atoms with Crippen molar-refractivity contribution in [3.8, 4) is 5.75 Å². The summed E-state index contributed by atoms with van der Waals surface area (Å²) in [6.07, 6.45) is 0. The first-order valence-corrected chi connectivity index (χ1v) is 6.68. The normalized spacial score (nSPS) is 10.1. The minimum absolute atomic E-state index is 0.260. The van der Waals surface area contributed by atoms with E-state index in [1.165, 1.54) is 0 Å². The van der Waals surface area contributed by atoms with Crippen molar-refractivity contribution in [2.75, 3.05) is 18.5 Å². The van der Waals surface area contributed by atoms with Crippen LogP contribution < -0.4 is 10.1 Å². The van der Waals surface area contributed by atoms with Crippen LogP contribution in [0.2, 0.25) is 5.02 Å². The molecule has 1 aromatic heterocycles. The van der Waals surface area contributed by atoms with E-state index in [2.05, 4.69) is 10.5 Å². The van der Waals surface area contributed by atoms with Gasteiger partial charge in [-0.15, -0.1) is 0 Å². The Morgan fingerprint density at radius 2 is 2.00 bits per heavy atom. The van der Waals surface area contributed by atoms with E-state index in [0.29, 0.717) is 16.5 Å². The van der Waals surface area contributed by atoms with Crippen LogP contribution >= 0.6 is 11.6 Å². The molecule has 0 fully saturated rings. The van der Waals surface area contributed by atoms with Crippen molar-refractivity contribution >= 4 is 29.3 Å². The SMILES string of the molecule is Cc1cc(NC(=O)COC(=O)COc2ccc(Cl)cc2)no1. The molecule has 0 spiro atoms. The van der Waals surface area contributed by atoms with Gasteiger partial charge in [-0.1, -0.05) is 16.8 Å². The summed E-state index contributed by atoms with van der Waals surface area (Å²) in [7, 11) is 0. The molecular formula is C14H13ClN2O5. The molecule has 0 saturated heterocycles. The molecule has 22 heavy (non-hydrogen) atoms. The maximum absolute atomic E-state index is 11.5. The Balaban J connectivity index is 1.68. The predicted molar refractivity (Wildman–Crippen MR) is 77.8 cm³/mol. The van der Waals surface area contributed by atoms with Crippen molar-refractivity contribution in [3.63, 3.8) is 0 Å². The maximum atomic E-state index is 11.5. The standard InChI is InChI=1S/C14H13ClN2O5/c1-9-6-12(17-22-9)16-13(18)7-21-14(19)8-20-11-4-2-10(15)3-5-11/h2-6H,7-8H2,1H3,(H,16,17,18). The van der Waals surface area contributed by atoms with Gasteiger partial charge in [0.1, 0.15) is 11.5 Å². The number of nitrogens with one attached hydrogen (secondary N) is 1. The van der Waals surface area contributed by atoms with E-state index in [9.17, 15) is 9.59 Å². The number of anilines is 1. The molecule has 0 aliphatic carbocycles. The van der Waals surface area contributed by atoms with Crippen LogP contribution in [0.25, 0.3) is 0 Å². The second kappa shape index (κ2) is 7.46. The van der Waals surface area contributed by atoms with E-state index in [1.54, 1.807) is 37.3 Å². The van der Waals surface area contributed by atoms with Gasteiger partial charge in [-0.05, 0) is 31.2 Å². The highest BCUT2D eigenvalue weighted by Gasteiger charge is 2.10. The van der Waals surface area contributed by atoms with Gasteiger partial charge in [0.25, 0.3) is 5.91 Å². The van der Waals surface area contributed by atoms with Gasteiger partial charge in [-0.2, -0.15) is 0 Å². The number of rotatable bonds is 6. The van der Waals surface area contributed by atoms with Gasteiger partial charge >= 0.3 is 5.97 Å². The van der Waals surface area contributed by atoms with Crippen molar-refractivity contribution in [2.24, 2.45) is 0 Å². The molecule has 7 nitrogen and oxygen atoms in total. The summed E-state index contributed by atoms with van der Waals surface area (Å²) in [5.41, 5.74) is 0.